The quantitative estimate of drug-likeness (QED) is 0.566. The number of rotatable bonds is 5. The van der Waals surface area contributed by atoms with Crippen LogP contribution in [0.3, 0.4) is 0 Å². The van der Waals surface area contributed by atoms with Crippen molar-refractivity contribution in [2.24, 2.45) is 5.92 Å². The minimum Gasteiger partial charge on any atom is -0.340 e. The second-order valence-electron chi connectivity index (χ2n) is 7.93. The summed E-state index contributed by atoms with van der Waals surface area (Å²) in [6, 6.07) is 13.2. The van der Waals surface area contributed by atoms with E-state index < -0.39 is 11.7 Å². The van der Waals surface area contributed by atoms with Crippen molar-refractivity contribution in [1.82, 2.24) is 9.97 Å². The number of halogens is 3. The number of alkyl halides is 3. The van der Waals surface area contributed by atoms with Crippen LogP contribution in [0.1, 0.15) is 24.0 Å². The summed E-state index contributed by atoms with van der Waals surface area (Å²) in [6.45, 7) is 0.404. The molecule has 0 bridgehead atoms. The Morgan fingerprint density at radius 3 is 2.59 bits per heavy atom. The average molecular weight is 439 g/mol. The molecule has 32 heavy (non-hydrogen) atoms. The van der Waals surface area contributed by atoms with Gasteiger partial charge in [0.25, 0.3) is 0 Å². The molecule has 2 heterocycles. The molecule has 1 saturated carbocycles. The Hall–Kier alpha value is -3.62. The van der Waals surface area contributed by atoms with E-state index in [1.54, 1.807) is 17.0 Å². The predicted molar refractivity (Wildman–Crippen MR) is 115 cm³/mol. The smallest absolute Gasteiger partial charge is 0.340 e. The fourth-order valence-electron chi connectivity index (χ4n) is 3.91. The largest absolute Gasteiger partial charge is 0.416 e. The van der Waals surface area contributed by atoms with Gasteiger partial charge in [-0.15, -0.1) is 0 Å². The summed E-state index contributed by atoms with van der Waals surface area (Å²) < 4.78 is 40.1. The minimum absolute atomic E-state index is 0.0254. The molecule has 3 aromatic rings. The fourth-order valence-corrected chi connectivity index (χ4v) is 3.91. The number of amides is 1. The maximum atomic E-state index is 13.4. The summed E-state index contributed by atoms with van der Waals surface area (Å²) in [6.07, 6.45) is -0.864. The molecule has 1 fully saturated rings. The lowest BCUT2D eigenvalue weighted by Crippen LogP contribution is -2.15. The van der Waals surface area contributed by atoms with Gasteiger partial charge in [-0.05, 0) is 55.2 Å². The standard InChI is InChI=1S/C23H20F3N5O/c24-23(25,26)18-5-2-6-19-17(18)9-10-31(19)21-12-20(27-13-28-21)29-15-3-1-4-16(11-15)30-22(32)14-7-8-14/h1-6,11-14H,7-10H2,(H,30,32)(H,27,28,29). The molecule has 6 nitrogen and oxygen atoms in total. The Morgan fingerprint density at radius 1 is 1.03 bits per heavy atom. The number of nitrogens with one attached hydrogen (secondary N) is 2. The number of hydrogen-bond donors (Lipinski definition) is 2. The van der Waals surface area contributed by atoms with Gasteiger partial charge >= 0.3 is 6.18 Å². The zero-order valence-corrected chi connectivity index (χ0v) is 17.0. The molecule has 1 aromatic heterocycles. The SMILES string of the molecule is O=C(Nc1cccc(Nc2cc(N3CCc4c3cccc4C(F)(F)F)ncn2)c1)C1CC1. The van der Waals surface area contributed by atoms with Crippen molar-refractivity contribution in [3.8, 4) is 0 Å². The van der Waals surface area contributed by atoms with E-state index >= 15 is 0 Å². The number of aromatic nitrogens is 2. The van der Waals surface area contributed by atoms with Crippen LogP contribution in [-0.2, 0) is 17.4 Å². The Morgan fingerprint density at radius 2 is 1.81 bits per heavy atom. The Labute approximate surface area is 182 Å². The lowest BCUT2D eigenvalue weighted by molar-refractivity contribution is -0.138. The number of carbonyl (C=O) groups is 1. The van der Waals surface area contributed by atoms with E-state index in [-0.39, 0.29) is 17.4 Å². The third kappa shape index (κ3) is 4.10. The van der Waals surface area contributed by atoms with Crippen LogP contribution in [0.2, 0.25) is 0 Å². The normalized spacial score (nSPS) is 15.4. The van der Waals surface area contributed by atoms with Crippen molar-refractivity contribution in [2.45, 2.75) is 25.4 Å². The van der Waals surface area contributed by atoms with E-state index in [0.717, 1.165) is 24.6 Å². The molecule has 0 saturated heterocycles. The summed E-state index contributed by atoms with van der Waals surface area (Å²) in [5.41, 5.74) is 1.61. The monoisotopic (exact) mass is 439 g/mol. The van der Waals surface area contributed by atoms with Crippen LogP contribution in [-0.4, -0.2) is 22.4 Å². The molecule has 0 radical (unpaired) electrons. The van der Waals surface area contributed by atoms with Crippen molar-refractivity contribution in [3.05, 3.63) is 66.0 Å². The number of nitrogens with zero attached hydrogens (tertiary/aromatic N) is 3. The highest BCUT2D eigenvalue weighted by molar-refractivity contribution is 5.94. The number of hydrogen-bond acceptors (Lipinski definition) is 5. The van der Waals surface area contributed by atoms with Crippen LogP contribution in [0.15, 0.2) is 54.9 Å². The highest BCUT2D eigenvalue weighted by atomic mass is 19.4. The van der Waals surface area contributed by atoms with Crippen molar-refractivity contribution >= 4 is 34.6 Å². The van der Waals surface area contributed by atoms with E-state index in [1.807, 2.05) is 24.3 Å². The lowest BCUT2D eigenvalue weighted by Gasteiger charge is -2.20. The fraction of sp³-hybridized carbons (Fsp3) is 0.261. The highest BCUT2D eigenvalue weighted by Crippen LogP contribution is 2.41. The third-order valence-electron chi connectivity index (χ3n) is 5.61. The van der Waals surface area contributed by atoms with E-state index in [9.17, 15) is 18.0 Å². The number of fused-ring (bicyclic) bond motifs is 1. The number of anilines is 5. The molecule has 9 heteroatoms. The van der Waals surface area contributed by atoms with Crippen molar-refractivity contribution in [2.75, 3.05) is 22.1 Å². The van der Waals surface area contributed by atoms with E-state index in [2.05, 4.69) is 20.6 Å². The Balaban J connectivity index is 1.36. The third-order valence-corrected chi connectivity index (χ3v) is 5.61. The van der Waals surface area contributed by atoms with Gasteiger partial charge in [0.1, 0.15) is 18.0 Å². The maximum absolute atomic E-state index is 13.4. The molecule has 164 valence electrons. The first-order valence-electron chi connectivity index (χ1n) is 10.3. The Bertz CT molecular complexity index is 1180. The molecule has 0 atom stereocenters. The molecule has 1 aliphatic carbocycles. The Kier molecular flexibility index (Phi) is 4.96. The van der Waals surface area contributed by atoms with Crippen LogP contribution < -0.4 is 15.5 Å². The van der Waals surface area contributed by atoms with Crippen LogP contribution in [0.5, 0.6) is 0 Å². The molecule has 2 aliphatic rings. The number of carbonyl (C=O) groups excluding carboxylic acids is 1. The predicted octanol–water partition coefficient (Wildman–Crippen LogP) is 5.28. The zero-order chi connectivity index (χ0) is 22.3. The summed E-state index contributed by atoms with van der Waals surface area (Å²) in [4.78, 5) is 22.3. The first-order chi connectivity index (χ1) is 15.4. The maximum Gasteiger partial charge on any atom is 0.416 e. The second-order valence-corrected chi connectivity index (χ2v) is 7.93. The molecule has 0 unspecified atom stereocenters. The van der Waals surface area contributed by atoms with Gasteiger partial charge < -0.3 is 15.5 Å². The molecule has 0 spiro atoms. The van der Waals surface area contributed by atoms with Gasteiger partial charge in [-0.1, -0.05) is 12.1 Å². The van der Waals surface area contributed by atoms with Gasteiger partial charge in [0.15, 0.2) is 0 Å². The first kappa shape index (κ1) is 20.3. The minimum atomic E-state index is -4.39. The molecule has 1 amide bonds. The first-order valence-corrected chi connectivity index (χ1v) is 10.3. The highest BCUT2D eigenvalue weighted by Gasteiger charge is 2.37. The van der Waals surface area contributed by atoms with Crippen LogP contribution >= 0.6 is 0 Å². The van der Waals surface area contributed by atoms with Crippen molar-refractivity contribution in [3.63, 3.8) is 0 Å². The average Bonchev–Trinajstić information content (AvgIpc) is 3.52. The summed E-state index contributed by atoms with van der Waals surface area (Å²) in [5, 5.41) is 6.08. The summed E-state index contributed by atoms with van der Waals surface area (Å²) in [7, 11) is 0. The zero-order valence-electron chi connectivity index (χ0n) is 17.0. The van der Waals surface area contributed by atoms with Gasteiger partial charge in [0.2, 0.25) is 5.91 Å². The van der Waals surface area contributed by atoms with Crippen LogP contribution in [0.4, 0.5) is 41.9 Å². The molecule has 5 rings (SSSR count). The van der Waals surface area contributed by atoms with Crippen molar-refractivity contribution < 1.29 is 18.0 Å². The van der Waals surface area contributed by atoms with Crippen molar-refractivity contribution in [1.29, 1.82) is 0 Å². The second kappa shape index (κ2) is 7.81. The summed E-state index contributed by atoms with van der Waals surface area (Å²) in [5.74, 6) is 1.15. The van der Waals surface area contributed by atoms with Gasteiger partial charge in [0.05, 0.1) is 5.56 Å². The van der Waals surface area contributed by atoms with Gasteiger partial charge in [-0.2, -0.15) is 13.2 Å². The van der Waals surface area contributed by atoms with Gasteiger partial charge in [-0.3, -0.25) is 4.79 Å². The lowest BCUT2D eigenvalue weighted by atomic mass is 10.0. The van der Waals surface area contributed by atoms with E-state index in [1.165, 1.54) is 12.4 Å². The van der Waals surface area contributed by atoms with Gasteiger partial charge in [0, 0.05) is 35.6 Å². The molecular formula is C23H20F3N5O. The summed E-state index contributed by atoms with van der Waals surface area (Å²) >= 11 is 0. The number of benzene rings is 2. The molecule has 2 N–H and O–H groups in total. The van der Waals surface area contributed by atoms with Gasteiger partial charge in [-0.25, -0.2) is 9.97 Å². The van der Waals surface area contributed by atoms with E-state index in [4.69, 9.17) is 0 Å². The molecule has 2 aromatic carbocycles. The molecule has 1 aliphatic heterocycles. The van der Waals surface area contributed by atoms with Crippen LogP contribution in [0, 0.1) is 5.92 Å². The van der Waals surface area contributed by atoms with Crippen LogP contribution in [0.25, 0.3) is 0 Å². The topological polar surface area (TPSA) is 70.2 Å². The van der Waals surface area contributed by atoms with E-state index in [0.29, 0.717) is 36.0 Å². The molecular weight excluding hydrogens is 419 g/mol.